The number of halogens is 1. The highest BCUT2D eigenvalue weighted by molar-refractivity contribution is 9.10. The van der Waals surface area contributed by atoms with Crippen molar-refractivity contribution in [3.63, 3.8) is 0 Å². The molecule has 1 aromatic rings. The molecule has 16 heavy (non-hydrogen) atoms. The molecule has 1 heterocycles. The Bertz CT molecular complexity index is 367. The van der Waals surface area contributed by atoms with Crippen LogP contribution in [0, 0.1) is 0 Å². The lowest BCUT2D eigenvalue weighted by atomic mass is 9.99. The fraction of sp³-hybridized carbons (Fsp3) is 0.500. The molecular formula is C12H15BrO3. The first-order chi connectivity index (χ1) is 7.70. The summed E-state index contributed by atoms with van der Waals surface area (Å²) < 4.78 is 11.7. The van der Waals surface area contributed by atoms with Gasteiger partial charge in [-0.2, -0.15) is 0 Å². The van der Waals surface area contributed by atoms with E-state index >= 15 is 0 Å². The molecule has 1 aromatic carbocycles. The molecule has 0 spiro atoms. The van der Waals surface area contributed by atoms with Crippen LogP contribution in [-0.2, 0) is 4.74 Å². The third-order valence-corrected chi connectivity index (χ3v) is 3.42. The van der Waals surface area contributed by atoms with Crippen LogP contribution < -0.4 is 4.74 Å². The van der Waals surface area contributed by atoms with E-state index in [9.17, 15) is 5.11 Å². The summed E-state index contributed by atoms with van der Waals surface area (Å²) >= 11 is 3.45. The van der Waals surface area contributed by atoms with Gasteiger partial charge in [-0.3, -0.25) is 0 Å². The van der Waals surface area contributed by atoms with E-state index in [1.165, 1.54) is 0 Å². The molecule has 3 nitrogen and oxygen atoms in total. The van der Waals surface area contributed by atoms with Crippen LogP contribution in [0.25, 0.3) is 0 Å². The van der Waals surface area contributed by atoms with Crippen molar-refractivity contribution >= 4 is 15.9 Å². The molecule has 0 saturated carbocycles. The molecule has 1 aliphatic heterocycles. The molecule has 2 atom stereocenters. The Kier molecular flexibility index (Phi) is 3.84. The van der Waals surface area contributed by atoms with Crippen molar-refractivity contribution in [2.75, 3.05) is 13.7 Å². The second-order valence-corrected chi connectivity index (χ2v) is 4.79. The van der Waals surface area contributed by atoms with Crippen LogP contribution in [0.4, 0.5) is 0 Å². The summed E-state index contributed by atoms with van der Waals surface area (Å²) in [6.07, 6.45) is 1.14. The lowest BCUT2D eigenvalue weighted by Gasteiger charge is -2.27. The van der Waals surface area contributed by atoms with Gasteiger partial charge < -0.3 is 14.6 Å². The fourth-order valence-corrected chi connectivity index (χ4v) is 2.45. The number of hydrogen-bond donors (Lipinski definition) is 1. The van der Waals surface area contributed by atoms with Gasteiger partial charge in [-0.25, -0.2) is 0 Å². The fourth-order valence-electron chi connectivity index (χ4n) is 1.89. The van der Waals surface area contributed by atoms with Crippen molar-refractivity contribution in [3.8, 4) is 5.75 Å². The third kappa shape index (κ3) is 2.56. The molecule has 1 aliphatic rings. The first kappa shape index (κ1) is 11.9. The minimum atomic E-state index is -0.250. The Labute approximate surface area is 104 Å². The highest BCUT2D eigenvalue weighted by atomic mass is 79.9. The smallest absolute Gasteiger partial charge is 0.133 e. The monoisotopic (exact) mass is 286 g/mol. The molecular weight excluding hydrogens is 272 g/mol. The lowest BCUT2D eigenvalue weighted by Crippen LogP contribution is -2.23. The predicted octanol–water partition coefficient (Wildman–Crippen LogP) is 2.67. The summed E-state index contributed by atoms with van der Waals surface area (Å²) in [7, 11) is 1.64. The van der Waals surface area contributed by atoms with Crippen molar-refractivity contribution in [2.24, 2.45) is 0 Å². The molecule has 1 saturated heterocycles. The van der Waals surface area contributed by atoms with Gasteiger partial charge in [0.1, 0.15) is 5.75 Å². The maximum absolute atomic E-state index is 9.59. The van der Waals surface area contributed by atoms with Crippen molar-refractivity contribution in [1.29, 1.82) is 0 Å². The summed E-state index contributed by atoms with van der Waals surface area (Å²) in [5, 5.41) is 9.59. The van der Waals surface area contributed by atoms with E-state index in [2.05, 4.69) is 15.9 Å². The minimum Gasteiger partial charge on any atom is -0.496 e. The van der Waals surface area contributed by atoms with E-state index in [1.54, 1.807) is 7.11 Å². The molecule has 4 heteroatoms. The molecule has 2 rings (SSSR count). The number of aliphatic hydroxyl groups is 1. The van der Waals surface area contributed by atoms with Crippen LogP contribution in [0.1, 0.15) is 24.5 Å². The quantitative estimate of drug-likeness (QED) is 0.909. The first-order valence-corrected chi connectivity index (χ1v) is 6.13. The second-order valence-electron chi connectivity index (χ2n) is 3.93. The molecule has 0 radical (unpaired) electrons. The van der Waals surface area contributed by atoms with E-state index in [0.717, 1.165) is 22.2 Å². The van der Waals surface area contributed by atoms with Crippen molar-refractivity contribution in [3.05, 3.63) is 28.2 Å². The van der Waals surface area contributed by atoms with Crippen LogP contribution in [0.2, 0.25) is 0 Å². The maximum Gasteiger partial charge on any atom is 0.133 e. The van der Waals surface area contributed by atoms with Crippen LogP contribution >= 0.6 is 15.9 Å². The summed E-state index contributed by atoms with van der Waals surface area (Å²) in [6, 6.07) is 5.87. The Morgan fingerprint density at radius 2 is 2.31 bits per heavy atom. The summed E-state index contributed by atoms with van der Waals surface area (Å²) in [5.41, 5.74) is 1.08. The Morgan fingerprint density at radius 1 is 1.50 bits per heavy atom. The van der Waals surface area contributed by atoms with Crippen LogP contribution in [0.3, 0.4) is 0 Å². The Hall–Kier alpha value is -0.580. The summed E-state index contributed by atoms with van der Waals surface area (Å²) in [5.74, 6) is 0.806. The second kappa shape index (κ2) is 5.17. The Morgan fingerprint density at radius 3 is 2.94 bits per heavy atom. The van der Waals surface area contributed by atoms with E-state index in [4.69, 9.17) is 9.47 Å². The standard InChI is InChI=1S/C12H15BrO3/c1-15-11-3-2-8(6-10(11)13)12-7-9(14)4-5-16-12/h2-3,6,9,12,14H,4-5,7H2,1H3. The van der Waals surface area contributed by atoms with Gasteiger partial charge in [0.2, 0.25) is 0 Å². The van der Waals surface area contributed by atoms with Gasteiger partial charge in [0.05, 0.1) is 23.8 Å². The molecule has 1 fully saturated rings. The molecule has 0 aromatic heterocycles. The van der Waals surface area contributed by atoms with E-state index < -0.39 is 0 Å². The minimum absolute atomic E-state index is 0.00837. The van der Waals surface area contributed by atoms with E-state index in [1.807, 2.05) is 18.2 Å². The molecule has 0 bridgehead atoms. The summed E-state index contributed by atoms with van der Waals surface area (Å²) in [6.45, 7) is 0.621. The number of benzene rings is 1. The zero-order chi connectivity index (χ0) is 11.5. The Balaban J connectivity index is 2.17. The third-order valence-electron chi connectivity index (χ3n) is 2.80. The number of rotatable bonds is 2. The van der Waals surface area contributed by atoms with E-state index in [-0.39, 0.29) is 12.2 Å². The zero-order valence-corrected chi connectivity index (χ0v) is 10.7. The number of hydrogen-bond acceptors (Lipinski definition) is 3. The van der Waals surface area contributed by atoms with Gasteiger partial charge in [0.15, 0.2) is 0 Å². The van der Waals surface area contributed by atoms with Gasteiger partial charge in [-0.05, 0) is 40.0 Å². The van der Waals surface area contributed by atoms with Crippen LogP contribution in [-0.4, -0.2) is 24.9 Å². The van der Waals surface area contributed by atoms with Crippen molar-refractivity contribution < 1.29 is 14.6 Å². The van der Waals surface area contributed by atoms with Gasteiger partial charge >= 0.3 is 0 Å². The van der Waals surface area contributed by atoms with Crippen LogP contribution in [0.5, 0.6) is 5.75 Å². The maximum atomic E-state index is 9.59. The summed E-state index contributed by atoms with van der Waals surface area (Å²) in [4.78, 5) is 0. The molecule has 88 valence electrons. The largest absolute Gasteiger partial charge is 0.496 e. The van der Waals surface area contributed by atoms with Gasteiger partial charge in [0.25, 0.3) is 0 Å². The predicted molar refractivity (Wildman–Crippen MR) is 64.6 cm³/mol. The normalized spacial score (nSPS) is 25.4. The SMILES string of the molecule is COc1ccc(C2CC(O)CCO2)cc1Br. The molecule has 0 aliphatic carbocycles. The van der Waals surface area contributed by atoms with E-state index in [0.29, 0.717) is 13.0 Å². The topological polar surface area (TPSA) is 38.7 Å². The van der Waals surface area contributed by atoms with Gasteiger partial charge in [-0.1, -0.05) is 6.07 Å². The average molecular weight is 287 g/mol. The first-order valence-electron chi connectivity index (χ1n) is 5.34. The molecule has 2 unspecified atom stereocenters. The molecule has 0 amide bonds. The average Bonchev–Trinajstić information content (AvgIpc) is 2.29. The van der Waals surface area contributed by atoms with Crippen LogP contribution in [0.15, 0.2) is 22.7 Å². The zero-order valence-electron chi connectivity index (χ0n) is 9.15. The van der Waals surface area contributed by atoms with Crippen molar-refractivity contribution in [2.45, 2.75) is 25.0 Å². The lowest BCUT2D eigenvalue weighted by molar-refractivity contribution is -0.0448. The van der Waals surface area contributed by atoms with Gasteiger partial charge in [0, 0.05) is 13.0 Å². The number of aliphatic hydroxyl groups excluding tert-OH is 1. The highest BCUT2D eigenvalue weighted by Crippen LogP contribution is 2.33. The van der Waals surface area contributed by atoms with Gasteiger partial charge in [-0.15, -0.1) is 0 Å². The number of ether oxygens (including phenoxy) is 2. The molecule has 1 N–H and O–H groups in total. The van der Waals surface area contributed by atoms with Crippen molar-refractivity contribution in [1.82, 2.24) is 0 Å². The number of methoxy groups -OCH3 is 1. The highest BCUT2D eigenvalue weighted by Gasteiger charge is 2.22.